The Morgan fingerprint density at radius 3 is 3.06 bits per heavy atom. The molecule has 0 radical (unpaired) electrons. The minimum Gasteiger partial charge on any atom is -0.462 e. The third-order valence-electron chi connectivity index (χ3n) is 2.43. The van der Waals surface area contributed by atoms with Gasteiger partial charge in [-0.2, -0.15) is 0 Å². The van der Waals surface area contributed by atoms with Gasteiger partial charge in [-0.3, -0.25) is 4.79 Å². The lowest BCUT2D eigenvalue weighted by Gasteiger charge is -2.09. The van der Waals surface area contributed by atoms with Gasteiger partial charge in [-0.25, -0.2) is 0 Å². The summed E-state index contributed by atoms with van der Waals surface area (Å²) in [6, 6.07) is 5.70. The van der Waals surface area contributed by atoms with E-state index in [1.54, 1.807) is 0 Å². The van der Waals surface area contributed by atoms with Gasteiger partial charge in [0.25, 0.3) is 0 Å². The summed E-state index contributed by atoms with van der Waals surface area (Å²) in [5.74, 6) is 1.25. The van der Waals surface area contributed by atoms with E-state index in [1.807, 2.05) is 32.0 Å². The molecule has 0 saturated heterocycles. The molecule has 0 atom stereocenters. The maximum atomic E-state index is 11.3. The highest BCUT2D eigenvalue weighted by atomic mass is 16.7. The summed E-state index contributed by atoms with van der Waals surface area (Å²) in [5, 5.41) is 3.03. The Bertz CT molecular complexity index is 431. The summed E-state index contributed by atoms with van der Waals surface area (Å²) in [6.45, 7) is 4.63. The van der Waals surface area contributed by atoms with Crippen molar-refractivity contribution in [1.29, 1.82) is 0 Å². The van der Waals surface area contributed by atoms with Gasteiger partial charge in [0.15, 0.2) is 11.5 Å². The van der Waals surface area contributed by atoms with E-state index in [-0.39, 0.29) is 25.4 Å². The van der Waals surface area contributed by atoms with Crippen molar-refractivity contribution in [3.8, 4) is 11.5 Å². The molecule has 0 unspecified atom stereocenters. The van der Waals surface area contributed by atoms with Crippen LogP contribution in [0.3, 0.4) is 0 Å². The number of hydrogen-bond acceptors (Lipinski definition) is 5. The van der Waals surface area contributed by atoms with Gasteiger partial charge in [0, 0.05) is 12.1 Å². The fraction of sp³-hybridized carbons (Fsp3) is 0.462. The lowest BCUT2D eigenvalue weighted by Crippen LogP contribution is -2.26. The maximum absolute atomic E-state index is 11.3. The topological polar surface area (TPSA) is 56.8 Å². The Morgan fingerprint density at radius 1 is 1.44 bits per heavy atom. The van der Waals surface area contributed by atoms with Gasteiger partial charge in [0.05, 0.1) is 12.6 Å². The average molecular weight is 251 g/mol. The second-order valence-electron chi connectivity index (χ2n) is 4.29. The van der Waals surface area contributed by atoms with Crippen LogP contribution in [-0.4, -0.2) is 25.4 Å². The quantitative estimate of drug-likeness (QED) is 0.803. The number of ether oxygens (including phenoxy) is 3. The monoisotopic (exact) mass is 251 g/mol. The van der Waals surface area contributed by atoms with Gasteiger partial charge in [-0.05, 0) is 19.9 Å². The van der Waals surface area contributed by atoms with Crippen molar-refractivity contribution in [2.75, 3.05) is 13.3 Å². The molecular weight excluding hydrogens is 234 g/mol. The molecule has 0 fully saturated rings. The largest absolute Gasteiger partial charge is 0.462 e. The minimum atomic E-state index is -0.255. The van der Waals surface area contributed by atoms with E-state index >= 15 is 0 Å². The molecule has 0 spiro atoms. The number of fused-ring (bicyclic) bond motifs is 1. The third-order valence-corrected chi connectivity index (χ3v) is 2.43. The van der Waals surface area contributed by atoms with Crippen LogP contribution in [0.2, 0.25) is 0 Å². The number of nitrogens with one attached hydrogen (secondary N) is 1. The molecule has 98 valence electrons. The molecule has 1 N–H and O–H groups in total. The molecule has 0 saturated carbocycles. The zero-order valence-electron chi connectivity index (χ0n) is 10.6. The molecule has 0 amide bonds. The summed E-state index contributed by atoms with van der Waals surface area (Å²) >= 11 is 0. The van der Waals surface area contributed by atoms with Crippen LogP contribution in [0.4, 0.5) is 0 Å². The maximum Gasteiger partial charge on any atom is 0.320 e. The normalized spacial score (nSPS) is 12.8. The molecular formula is C13H17NO4. The molecule has 0 aliphatic carbocycles. The first-order valence-corrected chi connectivity index (χ1v) is 5.94. The van der Waals surface area contributed by atoms with E-state index in [2.05, 4.69) is 5.32 Å². The molecule has 1 heterocycles. The van der Waals surface area contributed by atoms with Crippen molar-refractivity contribution in [3.05, 3.63) is 23.8 Å². The summed E-state index contributed by atoms with van der Waals surface area (Å²) in [6.07, 6.45) is -0.0861. The number of rotatable bonds is 5. The zero-order chi connectivity index (χ0) is 13.0. The smallest absolute Gasteiger partial charge is 0.320 e. The van der Waals surface area contributed by atoms with Crippen molar-refractivity contribution in [2.24, 2.45) is 0 Å². The highest BCUT2D eigenvalue weighted by Crippen LogP contribution is 2.35. The van der Waals surface area contributed by atoms with Gasteiger partial charge in [0.1, 0.15) is 0 Å². The van der Waals surface area contributed by atoms with Crippen molar-refractivity contribution in [3.63, 3.8) is 0 Å². The van der Waals surface area contributed by atoms with E-state index in [4.69, 9.17) is 14.2 Å². The van der Waals surface area contributed by atoms with Crippen LogP contribution in [0.25, 0.3) is 0 Å². The standard InChI is InChI=1S/C13H17NO4/c1-9(2)18-12(15)7-14-6-10-4-3-5-11-13(10)17-8-16-11/h3-5,9,14H,6-8H2,1-2H3. The number of esters is 1. The molecule has 0 bridgehead atoms. The molecule has 5 heteroatoms. The Kier molecular flexibility index (Phi) is 4.04. The second-order valence-corrected chi connectivity index (χ2v) is 4.29. The van der Waals surface area contributed by atoms with E-state index < -0.39 is 0 Å². The molecule has 1 aromatic rings. The van der Waals surface area contributed by atoms with Gasteiger partial charge < -0.3 is 19.5 Å². The molecule has 1 aliphatic rings. The van der Waals surface area contributed by atoms with Crippen LogP contribution in [0.1, 0.15) is 19.4 Å². The van der Waals surface area contributed by atoms with E-state index in [0.717, 1.165) is 17.1 Å². The van der Waals surface area contributed by atoms with E-state index in [0.29, 0.717) is 6.54 Å². The lowest BCUT2D eigenvalue weighted by atomic mass is 10.2. The Morgan fingerprint density at radius 2 is 2.28 bits per heavy atom. The van der Waals surface area contributed by atoms with Crippen LogP contribution in [-0.2, 0) is 16.1 Å². The highest BCUT2D eigenvalue weighted by molar-refractivity contribution is 5.71. The molecule has 2 rings (SSSR count). The van der Waals surface area contributed by atoms with Gasteiger partial charge in [-0.1, -0.05) is 12.1 Å². The third kappa shape index (κ3) is 3.13. The molecule has 1 aliphatic heterocycles. The number of carbonyl (C=O) groups excluding carboxylic acids is 1. The van der Waals surface area contributed by atoms with Crippen molar-refractivity contribution in [1.82, 2.24) is 5.32 Å². The van der Waals surface area contributed by atoms with E-state index in [1.165, 1.54) is 0 Å². The predicted octanol–water partition coefficient (Wildman–Crippen LogP) is 1.46. The van der Waals surface area contributed by atoms with Crippen LogP contribution in [0.15, 0.2) is 18.2 Å². The van der Waals surface area contributed by atoms with Gasteiger partial charge in [-0.15, -0.1) is 0 Å². The molecule has 0 aromatic heterocycles. The number of carbonyl (C=O) groups is 1. The van der Waals surface area contributed by atoms with Gasteiger partial charge >= 0.3 is 5.97 Å². The van der Waals surface area contributed by atoms with Crippen LogP contribution in [0, 0.1) is 0 Å². The summed E-state index contributed by atoms with van der Waals surface area (Å²) in [5.41, 5.74) is 0.974. The van der Waals surface area contributed by atoms with Gasteiger partial charge in [0.2, 0.25) is 6.79 Å². The fourth-order valence-corrected chi connectivity index (χ4v) is 1.73. The Hall–Kier alpha value is -1.75. The van der Waals surface area contributed by atoms with Crippen LogP contribution >= 0.6 is 0 Å². The van der Waals surface area contributed by atoms with Crippen molar-refractivity contribution < 1.29 is 19.0 Å². The zero-order valence-corrected chi connectivity index (χ0v) is 10.6. The summed E-state index contributed by atoms with van der Waals surface area (Å²) in [4.78, 5) is 11.3. The first-order chi connectivity index (χ1) is 8.66. The SMILES string of the molecule is CC(C)OC(=O)CNCc1cccc2c1OCO2. The van der Waals surface area contributed by atoms with E-state index in [9.17, 15) is 4.79 Å². The first-order valence-electron chi connectivity index (χ1n) is 5.94. The molecule has 18 heavy (non-hydrogen) atoms. The molecule has 1 aromatic carbocycles. The van der Waals surface area contributed by atoms with Crippen molar-refractivity contribution in [2.45, 2.75) is 26.5 Å². The lowest BCUT2D eigenvalue weighted by molar-refractivity contribution is -0.146. The second kappa shape index (κ2) is 5.73. The number of para-hydroxylation sites is 1. The Balaban J connectivity index is 1.84. The minimum absolute atomic E-state index is 0.0861. The Labute approximate surface area is 106 Å². The number of hydrogen-bond donors (Lipinski definition) is 1. The molecule has 5 nitrogen and oxygen atoms in total. The summed E-state index contributed by atoms with van der Waals surface area (Å²) < 4.78 is 15.7. The fourth-order valence-electron chi connectivity index (χ4n) is 1.73. The predicted molar refractivity (Wildman–Crippen MR) is 65.5 cm³/mol. The van der Waals surface area contributed by atoms with Crippen LogP contribution in [0.5, 0.6) is 11.5 Å². The first kappa shape index (κ1) is 12.7. The number of benzene rings is 1. The average Bonchev–Trinajstić information content (AvgIpc) is 2.76. The van der Waals surface area contributed by atoms with Crippen molar-refractivity contribution >= 4 is 5.97 Å². The summed E-state index contributed by atoms with van der Waals surface area (Å²) in [7, 11) is 0. The highest BCUT2D eigenvalue weighted by Gasteiger charge is 2.16. The van der Waals surface area contributed by atoms with Crippen LogP contribution < -0.4 is 14.8 Å².